The molecule has 0 aliphatic heterocycles. The van der Waals surface area contributed by atoms with E-state index in [4.69, 9.17) is 11.6 Å². The largest absolute Gasteiger partial charge is 0.288 e. The predicted octanol–water partition coefficient (Wildman–Crippen LogP) is 3.65. The molecule has 0 aliphatic carbocycles. The van der Waals surface area contributed by atoms with Gasteiger partial charge in [-0.3, -0.25) is 14.8 Å². The molecule has 0 aliphatic rings. The predicted molar refractivity (Wildman–Crippen MR) is 74.4 cm³/mol. The third-order valence-corrected chi connectivity index (χ3v) is 3.15. The molecule has 0 spiro atoms. The topological polar surface area (TPSA) is 42.9 Å². The minimum Gasteiger partial charge on any atom is -0.288 e. The molecule has 0 atom stereocenters. The molecule has 0 bridgehead atoms. The van der Waals surface area contributed by atoms with Crippen molar-refractivity contribution in [3.63, 3.8) is 0 Å². The van der Waals surface area contributed by atoms with Crippen LogP contribution in [-0.2, 0) is 0 Å². The number of para-hydroxylation sites is 1. The van der Waals surface area contributed by atoms with Crippen LogP contribution in [-0.4, -0.2) is 15.8 Å². The molecule has 0 radical (unpaired) electrons. The molecule has 0 saturated carbocycles. The zero-order valence-electron chi connectivity index (χ0n) is 10.2. The van der Waals surface area contributed by atoms with Gasteiger partial charge in [-0.2, -0.15) is 0 Å². The third kappa shape index (κ3) is 2.14. The molecule has 3 aromatic rings. The van der Waals surface area contributed by atoms with Crippen molar-refractivity contribution in [2.75, 3.05) is 0 Å². The summed E-state index contributed by atoms with van der Waals surface area (Å²) in [7, 11) is 0. The normalized spacial score (nSPS) is 10.7. The first-order valence-corrected chi connectivity index (χ1v) is 6.24. The van der Waals surface area contributed by atoms with E-state index in [1.165, 1.54) is 18.3 Å². The Bertz CT molecular complexity index is 815. The number of nitrogens with zero attached hydrogens (tertiary/aromatic N) is 2. The number of fused-ring (bicyclic) bond motifs is 1. The number of benzene rings is 2. The van der Waals surface area contributed by atoms with Gasteiger partial charge < -0.3 is 0 Å². The molecule has 0 unspecified atom stereocenters. The van der Waals surface area contributed by atoms with E-state index in [-0.39, 0.29) is 10.6 Å². The average molecular weight is 287 g/mol. The van der Waals surface area contributed by atoms with Gasteiger partial charge in [-0.25, -0.2) is 4.39 Å². The van der Waals surface area contributed by atoms with Gasteiger partial charge in [0.05, 0.1) is 22.2 Å². The summed E-state index contributed by atoms with van der Waals surface area (Å²) >= 11 is 5.69. The van der Waals surface area contributed by atoms with E-state index in [9.17, 15) is 9.18 Å². The number of halogens is 2. The highest BCUT2D eigenvalue weighted by atomic mass is 35.5. The lowest BCUT2D eigenvalue weighted by Crippen LogP contribution is -2.06. The van der Waals surface area contributed by atoms with Gasteiger partial charge in [0.1, 0.15) is 5.82 Å². The fourth-order valence-electron chi connectivity index (χ4n) is 1.99. The number of carbonyl (C=O) groups excluding carboxylic acids is 1. The van der Waals surface area contributed by atoms with E-state index in [1.54, 1.807) is 24.4 Å². The average Bonchev–Trinajstić information content (AvgIpc) is 2.46. The third-order valence-electron chi connectivity index (χ3n) is 2.92. The van der Waals surface area contributed by atoms with Crippen LogP contribution in [0.2, 0.25) is 5.02 Å². The molecule has 0 amide bonds. The smallest absolute Gasteiger partial charge is 0.198 e. The van der Waals surface area contributed by atoms with Gasteiger partial charge in [0.25, 0.3) is 0 Å². The Labute approximate surface area is 119 Å². The van der Waals surface area contributed by atoms with Crippen molar-refractivity contribution in [2.45, 2.75) is 0 Å². The maximum absolute atomic E-state index is 13.8. The second-order valence-corrected chi connectivity index (χ2v) is 4.62. The van der Waals surface area contributed by atoms with Gasteiger partial charge in [0.2, 0.25) is 0 Å². The molecule has 2 aromatic carbocycles. The first-order valence-electron chi connectivity index (χ1n) is 5.86. The standard InChI is InChI=1S/C15H8ClFN2O/c16-9-4-5-10(12(17)8-9)15(20)11-2-1-3-13-14(11)19-7-6-18-13/h1-8H. The van der Waals surface area contributed by atoms with Crippen molar-refractivity contribution < 1.29 is 9.18 Å². The molecule has 1 aromatic heterocycles. The summed E-state index contributed by atoms with van der Waals surface area (Å²) in [5.74, 6) is -1.09. The van der Waals surface area contributed by atoms with Crippen molar-refractivity contribution in [3.8, 4) is 0 Å². The molecule has 0 saturated heterocycles. The molecule has 3 rings (SSSR count). The van der Waals surface area contributed by atoms with Gasteiger partial charge in [0, 0.05) is 17.4 Å². The summed E-state index contributed by atoms with van der Waals surface area (Å²) in [5.41, 5.74) is 1.33. The Morgan fingerprint density at radius 1 is 1.05 bits per heavy atom. The zero-order valence-corrected chi connectivity index (χ0v) is 10.9. The van der Waals surface area contributed by atoms with Crippen LogP contribution in [0.25, 0.3) is 11.0 Å². The Morgan fingerprint density at radius 3 is 2.65 bits per heavy atom. The Hall–Kier alpha value is -2.33. The van der Waals surface area contributed by atoms with E-state index in [0.29, 0.717) is 16.6 Å². The highest BCUT2D eigenvalue weighted by molar-refractivity contribution is 6.30. The van der Waals surface area contributed by atoms with Crippen LogP contribution in [0.1, 0.15) is 15.9 Å². The summed E-state index contributed by atoms with van der Waals surface area (Å²) in [4.78, 5) is 20.7. The fraction of sp³-hybridized carbons (Fsp3) is 0. The Kier molecular flexibility index (Phi) is 3.16. The Morgan fingerprint density at radius 2 is 1.85 bits per heavy atom. The molecule has 3 nitrogen and oxygen atoms in total. The van der Waals surface area contributed by atoms with Crippen LogP contribution in [0.5, 0.6) is 0 Å². The van der Waals surface area contributed by atoms with Crippen molar-refractivity contribution in [1.82, 2.24) is 9.97 Å². The van der Waals surface area contributed by atoms with Crippen molar-refractivity contribution >= 4 is 28.4 Å². The van der Waals surface area contributed by atoms with E-state index in [2.05, 4.69) is 9.97 Å². The fourth-order valence-corrected chi connectivity index (χ4v) is 2.15. The van der Waals surface area contributed by atoms with Crippen molar-refractivity contribution in [2.24, 2.45) is 0 Å². The van der Waals surface area contributed by atoms with Gasteiger partial charge in [-0.15, -0.1) is 0 Å². The maximum Gasteiger partial charge on any atom is 0.198 e. The summed E-state index contributed by atoms with van der Waals surface area (Å²) in [6, 6.07) is 9.01. The second kappa shape index (κ2) is 4.98. The number of aromatic nitrogens is 2. The number of ketones is 1. The summed E-state index contributed by atoms with van der Waals surface area (Å²) in [5, 5.41) is 0.247. The first-order chi connectivity index (χ1) is 9.66. The molecule has 1 heterocycles. The minimum atomic E-state index is -0.650. The second-order valence-electron chi connectivity index (χ2n) is 4.18. The summed E-state index contributed by atoms with van der Waals surface area (Å²) < 4.78 is 13.8. The van der Waals surface area contributed by atoms with Crippen LogP contribution in [0.4, 0.5) is 4.39 Å². The lowest BCUT2D eigenvalue weighted by Gasteiger charge is -2.05. The molecular formula is C15H8ClFN2O. The zero-order chi connectivity index (χ0) is 14.1. The van der Waals surface area contributed by atoms with E-state index < -0.39 is 11.6 Å². The number of hydrogen-bond acceptors (Lipinski definition) is 3. The van der Waals surface area contributed by atoms with Gasteiger partial charge in [-0.1, -0.05) is 17.7 Å². The summed E-state index contributed by atoms with van der Waals surface area (Å²) in [6.45, 7) is 0. The number of rotatable bonds is 2. The SMILES string of the molecule is O=C(c1ccc(Cl)cc1F)c1cccc2nccnc12. The van der Waals surface area contributed by atoms with E-state index in [1.807, 2.05) is 0 Å². The molecule has 5 heteroatoms. The molecule has 98 valence electrons. The monoisotopic (exact) mass is 286 g/mol. The highest BCUT2D eigenvalue weighted by Crippen LogP contribution is 2.21. The summed E-state index contributed by atoms with van der Waals surface area (Å²) in [6.07, 6.45) is 3.04. The van der Waals surface area contributed by atoms with Gasteiger partial charge in [0.15, 0.2) is 5.78 Å². The molecular weight excluding hydrogens is 279 g/mol. The van der Waals surface area contributed by atoms with Crippen molar-refractivity contribution in [1.29, 1.82) is 0 Å². The van der Waals surface area contributed by atoms with Crippen LogP contribution in [0.15, 0.2) is 48.8 Å². The number of hydrogen-bond donors (Lipinski definition) is 0. The van der Waals surface area contributed by atoms with Crippen molar-refractivity contribution in [3.05, 3.63) is 70.8 Å². The van der Waals surface area contributed by atoms with E-state index >= 15 is 0 Å². The van der Waals surface area contributed by atoms with E-state index in [0.717, 1.165) is 6.07 Å². The maximum atomic E-state index is 13.8. The van der Waals surface area contributed by atoms with Gasteiger partial charge >= 0.3 is 0 Å². The minimum absolute atomic E-state index is 0.0347. The lowest BCUT2D eigenvalue weighted by molar-refractivity contribution is 0.103. The first kappa shape index (κ1) is 12.7. The van der Waals surface area contributed by atoms with Crippen LogP contribution in [0.3, 0.4) is 0 Å². The molecule has 20 heavy (non-hydrogen) atoms. The van der Waals surface area contributed by atoms with Crippen LogP contribution in [0, 0.1) is 5.82 Å². The van der Waals surface area contributed by atoms with Crippen LogP contribution >= 0.6 is 11.6 Å². The van der Waals surface area contributed by atoms with Crippen LogP contribution < -0.4 is 0 Å². The highest BCUT2D eigenvalue weighted by Gasteiger charge is 2.17. The molecule has 0 N–H and O–H groups in total. The van der Waals surface area contributed by atoms with Gasteiger partial charge in [-0.05, 0) is 30.3 Å². The number of carbonyl (C=O) groups is 1. The Balaban J connectivity index is 2.18. The molecule has 0 fully saturated rings. The quantitative estimate of drug-likeness (QED) is 0.675. The lowest BCUT2D eigenvalue weighted by atomic mass is 10.0.